The van der Waals surface area contributed by atoms with Gasteiger partial charge in [-0.25, -0.2) is 0 Å². The fourth-order valence-electron chi connectivity index (χ4n) is 3.52. The molecule has 3 nitrogen and oxygen atoms in total. The second-order valence-electron chi connectivity index (χ2n) is 6.29. The number of ketones is 1. The van der Waals surface area contributed by atoms with E-state index < -0.39 is 5.54 Å². The van der Waals surface area contributed by atoms with E-state index >= 15 is 0 Å². The molecule has 0 aromatic heterocycles. The maximum Gasteiger partial charge on any atom is 0.180 e. The van der Waals surface area contributed by atoms with Gasteiger partial charge in [-0.05, 0) is 16.7 Å². The van der Waals surface area contributed by atoms with Crippen molar-refractivity contribution in [2.24, 2.45) is 10.2 Å². The molecule has 0 saturated heterocycles. The zero-order valence-corrected chi connectivity index (χ0v) is 14.5. The van der Waals surface area contributed by atoms with E-state index in [0.717, 1.165) is 22.3 Å². The molecule has 26 heavy (non-hydrogen) atoms. The minimum Gasteiger partial charge on any atom is -0.293 e. The molecule has 0 saturated carbocycles. The first-order valence-corrected chi connectivity index (χ1v) is 8.58. The van der Waals surface area contributed by atoms with Crippen LogP contribution in [0.1, 0.15) is 23.6 Å². The summed E-state index contributed by atoms with van der Waals surface area (Å²) in [6, 6.07) is 30.0. The van der Waals surface area contributed by atoms with Crippen molar-refractivity contribution in [2.45, 2.75) is 12.5 Å². The Bertz CT molecular complexity index is 951. The molecule has 1 aliphatic rings. The van der Waals surface area contributed by atoms with Crippen molar-refractivity contribution < 1.29 is 4.79 Å². The van der Waals surface area contributed by atoms with E-state index in [2.05, 4.69) is 5.11 Å². The summed E-state index contributed by atoms with van der Waals surface area (Å²) < 4.78 is 0. The van der Waals surface area contributed by atoms with Gasteiger partial charge in [-0.2, -0.15) is 10.2 Å². The molecule has 0 N–H and O–H groups in total. The largest absolute Gasteiger partial charge is 0.293 e. The van der Waals surface area contributed by atoms with Crippen molar-refractivity contribution in [1.82, 2.24) is 0 Å². The van der Waals surface area contributed by atoms with Gasteiger partial charge in [0.15, 0.2) is 11.3 Å². The average molecular weight is 338 g/mol. The molecule has 0 bridgehead atoms. The summed E-state index contributed by atoms with van der Waals surface area (Å²) in [5.74, 6) is -0.0821. The van der Waals surface area contributed by atoms with Gasteiger partial charge in [0, 0.05) is 12.5 Å². The van der Waals surface area contributed by atoms with Crippen LogP contribution in [0.25, 0.3) is 5.57 Å². The Morgan fingerprint density at radius 3 is 1.65 bits per heavy atom. The third-order valence-corrected chi connectivity index (χ3v) is 4.68. The number of carbonyl (C=O) groups excluding carboxylic acids is 1. The van der Waals surface area contributed by atoms with Crippen molar-refractivity contribution >= 4 is 11.4 Å². The Morgan fingerprint density at radius 1 is 0.731 bits per heavy atom. The third kappa shape index (κ3) is 2.49. The summed E-state index contributed by atoms with van der Waals surface area (Å²) in [6.07, 6.45) is 0. The van der Waals surface area contributed by atoms with E-state index in [-0.39, 0.29) is 5.78 Å². The highest BCUT2D eigenvalue weighted by Gasteiger charge is 2.45. The van der Waals surface area contributed by atoms with Crippen LogP contribution in [0.15, 0.2) is 107 Å². The van der Waals surface area contributed by atoms with Crippen molar-refractivity contribution in [3.05, 3.63) is 113 Å². The molecule has 0 aliphatic carbocycles. The molecular weight excluding hydrogens is 320 g/mol. The molecule has 1 aliphatic heterocycles. The van der Waals surface area contributed by atoms with Gasteiger partial charge in [-0.3, -0.25) is 4.79 Å². The lowest BCUT2D eigenvalue weighted by Gasteiger charge is -2.30. The Kier molecular flexibility index (Phi) is 4.05. The molecule has 0 radical (unpaired) electrons. The second kappa shape index (κ2) is 6.52. The molecule has 0 atom stereocenters. The smallest absolute Gasteiger partial charge is 0.180 e. The van der Waals surface area contributed by atoms with Crippen molar-refractivity contribution in [1.29, 1.82) is 0 Å². The standard InChI is InChI=1S/C23H18N2O/c1-17(26)22-21(18-11-5-2-6-12-18)23(25-24-22,19-13-7-3-8-14-19)20-15-9-4-10-16-20/h2-16H,1H3. The lowest BCUT2D eigenvalue weighted by Crippen LogP contribution is -2.26. The maximum absolute atomic E-state index is 12.4. The molecule has 3 aromatic carbocycles. The minimum absolute atomic E-state index is 0.0821. The van der Waals surface area contributed by atoms with Crippen LogP contribution < -0.4 is 0 Å². The van der Waals surface area contributed by atoms with E-state index in [9.17, 15) is 4.79 Å². The molecule has 3 aromatic rings. The van der Waals surface area contributed by atoms with Gasteiger partial charge in [0.05, 0.1) is 0 Å². The molecule has 0 unspecified atom stereocenters. The fraction of sp³-hybridized carbons (Fsp3) is 0.0870. The molecule has 4 rings (SSSR count). The SMILES string of the molecule is CC(=O)C1=C(c2ccccc2)C(c2ccccc2)(c2ccccc2)N=N1. The summed E-state index contributed by atoms with van der Waals surface area (Å²) in [7, 11) is 0. The number of azo groups is 1. The quantitative estimate of drug-likeness (QED) is 0.628. The second-order valence-corrected chi connectivity index (χ2v) is 6.29. The molecule has 0 spiro atoms. The summed E-state index contributed by atoms with van der Waals surface area (Å²) in [5, 5.41) is 9.05. The van der Waals surface area contributed by atoms with E-state index in [1.165, 1.54) is 0 Å². The zero-order chi connectivity index (χ0) is 18.0. The van der Waals surface area contributed by atoms with Gasteiger partial charge in [0.25, 0.3) is 0 Å². The van der Waals surface area contributed by atoms with Crippen LogP contribution >= 0.6 is 0 Å². The number of benzene rings is 3. The fourth-order valence-corrected chi connectivity index (χ4v) is 3.52. The number of Topliss-reactive ketones (excluding diaryl/α,β-unsaturated/α-hetero) is 1. The van der Waals surface area contributed by atoms with Gasteiger partial charge in [-0.1, -0.05) is 91.0 Å². The highest BCUT2D eigenvalue weighted by molar-refractivity contribution is 6.04. The molecule has 0 amide bonds. The van der Waals surface area contributed by atoms with Crippen LogP contribution in [0.5, 0.6) is 0 Å². The number of rotatable bonds is 4. The predicted octanol–water partition coefficient (Wildman–Crippen LogP) is 5.40. The topological polar surface area (TPSA) is 41.8 Å². The first-order valence-electron chi connectivity index (χ1n) is 8.58. The van der Waals surface area contributed by atoms with Crippen LogP contribution in [-0.2, 0) is 10.3 Å². The average Bonchev–Trinajstić information content (AvgIpc) is 3.12. The van der Waals surface area contributed by atoms with Gasteiger partial charge >= 0.3 is 0 Å². The highest BCUT2D eigenvalue weighted by Crippen LogP contribution is 2.51. The normalized spacial score (nSPS) is 15.3. The molecule has 3 heteroatoms. The van der Waals surface area contributed by atoms with Crippen molar-refractivity contribution in [3.8, 4) is 0 Å². The van der Waals surface area contributed by atoms with E-state index in [0.29, 0.717) is 5.70 Å². The van der Waals surface area contributed by atoms with Crippen LogP contribution in [0.3, 0.4) is 0 Å². The monoisotopic (exact) mass is 338 g/mol. The number of hydrogen-bond acceptors (Lipinski definition) is 3. The number of nitrogens with zero attached hydrogens (tertiary/aromatic N) is 2. The first-order chi connectivity index (χ1) is 12.7. The van der Waals surface area contributed by atoms with E-state index in [1.807, 2.05) is 91.0 Å². The first kappa shape index (κ1) is 16.2. The van der Waals surface area contributed by atoms with Gasteiger partial charge in [0.2, 0.25) is 0 Å². The molecular formula is C23H18N2O. The molecule has 1 heterocycles. The Balaban J connectivity index is 2.09. The number of allylic oxidation sites excluding steroid dienone is 1. The highest BCUT2D eigenvalue weighted by atomic mass is 16.1. The van der Waals surface area contributed by atoms with Crippen molar-refractivity contribution in [3.63, 3.8) is 0 Å². The van der Waals surface area contributed by atoms with Gasteiger partial charge < -0.3 is 0 Å². The summed E-state index contributed by atoms with van der Waals surface area (Å²) in [6.45, 7) is 1.54. The molecule has 0 fully saturated rings. The van der Waals surface area contributed by atoms with Crippen LogP contribution in [0.2, 0.25) is 0 Å². The van der Waals surface area contributed by atoms with E-state index in [1.54, 1.807) is 6.92 Å². The third-order valence-electron chi connectivity index (χ3n) is 4.68. The predicted molar refractivity (Wildman–Crippen MR) is 103 cm³/mol. The van der Waals surface area contributed by atoms with E-state index in [4.69, 9.17) is 5.11 Å². The van der Waals surface area contributed by atoms with Gasteiger partial charge in [-0.15, -0.1) is 0 Å². The maximum atomic E-state index is 12.4. The lowest BCUT2D eigenvalue weighted by atomic mass is 9.74. The Labute approximate surface area is 152 Å². The minimum atomic E-state index is -0.828. The van der Waals surface area contributed by atoms with Crippen LogP contribution in [0.4, 0.5) is 0 Å². The molecule has 126 valence electrons. The van der Waals surface area contributed by atoms with Crippen molar-refractivity contribution in [2.75, 3.05) is 0 Å². The summed E-state index contributed by atoms with van der Waals surface area (Å²) in [4.78, 5) is 12.4. The Morgan fingerprint density at radius 2 is 1.19 bits per heavy atom. The number of carbonyl (C=O) groups is 1. The van der Waals surface area contributed by atoms with Crippen LogP contribution in [0, 0.1) is 0 Å². The summed E-state index contributed by atoms with van der Waals surface area (Å²) >= 11 is 0. The van der Waals surface area contributed by atoms with Gasteiger partial charge in [0.1, 0.15) is 5.70 Å². The van der Waals surface area contributed by atoms with Crippen LogP contribution in [-0.4, -0.2) is 5.78 Å². The summed E-state index contributed by atoms with van der Waals surface area (Å²) in [5.41, 5.74) is 3.36. The number of hydrogen-bond donors (Lipinski definition) is 0. The Hall–Kier alpha value is -3.33. The zero-order valence-electron chi connectivity index (χ0n) is 14.5. The lowest BCUT2D eigenvalue weighted by molar-refractivity contribution is -0.113.